The fraction of sp³-hybridized carbons (Fsp3) is 0.867. The van der Waals surface area contributed by atoms with Gasteiger partial charge in [-0.1, -0.05) is 19.8 Å². The molecule has 0 bridgehead atoms. The summed E-state index contributed by atoms with van der Waals surface area (Å²) in [5.74, 6) is -0.199. The molecular weight excluding hydrogens is 256 g/mol. The van der Waals surface area contributed by atoms with Gasteiger partial charge in [0.2, 0.25) is 5.91 Å². The van der Waals surface area contributed by atoms with Crippen molar-refractivity contribution in [2.24, 2.45) is 17.1 Å². The van der Waals surface area contributed by atoms with E-state index in [1.165, 1.54) is 0 Å². The minimum Gasteiger partial charge on any atom is -0.481 e. The van der Waals surface area contributed by atoms with Gasteiger partial charge < -0.3 is 15.7 Å². The van der Waals surface area contributed by atoms with Gasteiger partial charge in [0, 0.05) is 19.5 Å². The molecule has 1 saturated heterocycles. The van der Waals surface area contributed by atoms with E-state index in [2.05, 4.69) is 6.92 Å². The Kier molecular flexibility index (Phi) is 6.46. The first kappa shape index (κ1) is 17.0. The zero-order chi connectivity index (χ0) is 15.2. The molecule has 5 heteroatoms. The molecule has 1 heterocycles. The Hall–Kier alpha value is -1.10. The van der Waals surface area contributed by atoms with E-state index >= 15 is 0 Å². The molecule has 1 fully saturated rings. The lowest BCUT2D eigenvalue weighted by Gasteiger charge is -2.21. The number of hydrogen-bond acceptors (Lipinski definition) is 3. The highest BCUT2D eigenvalue weighted by atomic mass is 16.4. The normalized spacial score (nSPS) is 23.9. The molecule has 0 aromatic heterocycles. The molecule has 2 atom stereocenters. The third kappa shape index (κ3) is 4.47. The van der Waals surface area contributed by atoms with E-state index in [1.807, 2.05) is 0 Å². The monoisotopic (exact) mass is 284 g/mol. The smallest absolute Gasteiger partial charge is 0.311 e. The second-order valence-corrected chi connectivity index (χ2v) is 6.20. The van der Waals surface area contributed by atoms with Crippen LogP contribution in [0.25, 0.3) is 0 Å². The standard InChI is InChI=1S/C15H28N2O3/c1-3-4-12(7-9-16)5-6-13(18)17-10-8-15(2,11-17)14(19)20/h12H,3-11,16H2,1-2H3,(H,19,20). The topological polar surface area (TPSA) is 83.6 Å². The zero-order valence-corrected chi connectivity index (χ0v) is 12.7. The molecule has 0 spiro atoms. The highest BCUT2D eigenvalue weighted by Crippen LogP contribution is 2.31. The first-order valence-electron chi connectivity index (χ1n) is 7.64. The molecule has 0 saturated carbocycles. The molecule has 0 radical (unpaired) electrons. The summed E-state index contributed by atoms with van der Waals surface area (Å²) < 4.78 is 0. The van der Waals surface area contributed by atoms with Crippen LogP contribution in [0.4, 0.5) is 0 Å². The van der Waals surface area contributed by atoms with Crippen LogP contribution in [0.5, 0.6) is 0 Å². The Morgan fingerprint density at radius 2 is 2.05 bits per heavy atom. The maximum atomic E-state index is 12.2. The molecule has 1 amide bonds. The number of carboxylic acids is 1. The van der Waals surface area contributed by atoms with Gasteiger partial charge in [-0.3, -0.25) is 9.59 Å². The van der Waals surface area contributed by atoms with Crippen molar-refractivity contribution in [1.29, 1.82) is 0 Å². The highest BCUT2D eigenvalue weighted by Gasteiger charge is 2.41. The molecule has 116 valence electrons. The van der Waals surface area contributed by atoms with Crippen molar-refractivity contribution in [1.82, 2.24) is 4.90 Å². The van der Waals surface area contributed by atoms with Crippen LogP contribution in [0.2, 0.25) is 0 Å². The lowest BCUT2D eigenvalue weighted by Crippen LogP contribution is -2.35. The van der Waals surface area contributed by atoms with Crippen LogP contribution < -0.4 is 5.73 Å². The van der Waals surface area contributed by atoms with Crippen molar-refractivity contribution in [3.8, 4) is 0 Å². The Labute approximate surface area is 121 Å². The van der Waals surface area contributed by atoms with Crippen LogP contribution in [-0.4, -0.2) is 41.5 Å². The SMILES string of the molecule is CCCC(CCN)CCC(=O)N1CCC(C)(C(=O)O)C1. The fourth-order valence-corrected chi connectivity index (χ4v) is 2.91. The molecule has 1 aliphatic rings. The van der Waals surface area contributed by atoms with E-state index in [-0.39, 0.29) is 5.91 Å². The fourth-order valence-electron chi connectivity index (χ4n) is 2.91. The maximum absolute atomic E-state index is 12.2. The predicted octanol–water partition coefficient (Wildman–Crippen LogP) is 1.85. The van der Waals surface area contributed by atoms with Gasteiger partial charge in [0.1, 0.15) is 0 Å². The van der Waals surface area contributed by atoms with Crippen LogP contribution in [-0.2, 0) is 9.59 Å². The third-order valence-corrected chi connectivity index (χ3v) is 4.38. The van der Waals surface area contributed by atoms with Crippen LogP contribution in [0.15, 0.2) is 0 Å². The first-order valence-corrected chi connectivity index (χ1v) is 7.64. The Balaban J connectivity index is 2.42. The van der Waals surface area contributed by atoms with Crippen LogP contribution in [0.1, 0.15) is 52.4 Å². The third-order valence-electron chi connectivity index (χ3n) is 4.38. The van der Waals surface area contributed by atoms with Crippen LogP contribution in [0.3, 0.4) is 0 Å². The largest absolute Gasteiger partial charge is 0.481 e. The Morgan fingerprint density at radius 1 is 1.35 bits per heavy atom. The van der Waals surface area contributed by atoms with Crippen molar-refractivity contribution in [2.45, 2.75) is 52.4 Å². The molecule has 0 aromatic carbocycles. The molecule has 5 nitrogen and oxygen atoms in total. The summed E-state index contributed by atoms with van der Waals surface area (Å²) in [5, 5.41) is 9.18. The summed E-state index contributed by atoms with van der Waals surface area (Å²) in [4.78, 5) is 25.1. The zero-order valence-electron chi connectivity index (χ0n) is 12.7. The van der Waals surface area contributed by atoms with Gasteiger partial charge in [0.05, 0.1) is 5.41 Å². The number of rotatable bonds is 8. The van der Waals surface area contributed by atoms with E-state index in [9.17, 15) is 14.7 Å². The Bertz CT molecular complexity index is 340. The number of nitrogens with zero attached hydrogens (tertiary/aromatic N) is 1. The number of likely N-dealkylation sites (tertiary alicyclic amines) is 1. The van der Waals surface area contributed by atoms with Gasteiger partial charge in [-0.25, -0.2) is 0 Å². The summed E-state index contributed by atoms with van der Waals surface area (Å²) in [6.07, 6.45) is 5.12. The van der Waals surface area contributed by atoms with Crippen molar-refractivity contribution >= 4 is 11.9 Å². The average molecular weight is 284 g/mol. The molecule has 1 rings (SSSR count). The minimum absolute atomic E-state index is 0.0908. The number of aliphatic carboxylic acids is 1. The van der Waals surface area contributed by atoms with Gasteiger partial charge >= 0.3 is 5.97 Å². The molecule has 20 heavy (non-hydrogen) atoms. The quantitative estimate of drug-likeness (QED) is 0.712. The van der Waals surface area contributed by atoms with Gasteiger partial charge in [-0.2, -0.15) is 0 Å². The summed E-state index contributed by atoms with van der Waals surface area (Å²) in [5.41, 5.74) is 4.83. The molecule has 0 aromatic rings. The molecule has 3 N–H and O–H groups in total. The van der Waals surface area contributed by atoms with E-state index in [0.29, 0.717) is 38.4 Å². The summed E-state index contributed by atoms with van der Waals surface area (Å²) in [7, 11) is 0. The summed E-state index contributed by atoms with van der Waals surface area (Å²) in [6, 6.07) is 0. The first-order chi connectivity index (χ1) is 9.42. The van der Waals surface area contributed by atoms with Gasteiger partial charge in [-0.05, 0) is 38.6 Å². The lowest BCUT2D eigenvalue weighted by molar-refractivity contribution is -0.147. The summed E-state index contributed by atoms with van der Waals surface area (Å²) in [6.45, 7) is 5.44. The van der Waals surface area contributed by atoms with Crippen LogP contribution in [0, 0.1) is 11.3 Å². The molecular formula is C15H28N2O3. The van der Waals surface area contributed by atoms with Crippen molar-refractivity contribution in [3.05, 3.63) is 0 Å². The molecule has 0 aliphatic carbocycles. The van der Waals surface area contributed by atoms with Crippen molar-refractivity contribution in [2.75, 3.05) is 19.6 Å². The van der Waals surface area contributed by atoms with E-state index in [4.69, 9.17) is 5.73 Å². The van der Waals surface area contributed by atoms with E-state index in [0.717, 1.165) is 25.7 Å². The Morgan fingerprint density at radius 3 is 2.55 bits per heavy atom. The minimum atomic E-state index is -0.806. The number of carboxylic acid groups (broad SMARTS) is 1. The molecule has 2 unspecified atom stereocenters. The predicted molar refractivity (Wildman–Crippen MR) is 78.2 cm³/mol. The van der Waals surface area contributed by atoms with Gasteiger partial charge in [0.25, 0.3) is 0 Å². The van der Waals surface area contributed by atoms with Gasteiger partial charge in [0.15, 0.2) is 0 Å². The maximum Gasteiger partial charge on any atom is 0.311 e. The number of carbonyl (C=O) groups excluding carboxylic acids is 1. The lowest BCUT2D eigenvalue weighted by atomic mass is 9.90. The van der Waals surface area contributed by atoms with E-state index in [1.54, 1.807) is 11.8 Å². The number of nitrogens with two attached hydrogens (primary N) is 1. The van der Waals surface area contributed by atoms with Crippen LogP contribution >= 0.6 is 0 Å². The van der Waals surface area contributed by atoms with Gasteiger partial charge in [-0.15, -0.1) is 0 Å². The summed E-state index contributed by atoms with van der Waals surface area (Å²) >= 11 is 0. The van der Waals surface area contributed by atoms with Crippen molar-refractivity contribution < 1.29 is 14.7 Å². The number of amides is 1. The van der Waals surface area contributed by atoms with Crippen molar-refractivity contribution in [3.63, 3.8) is 0 Å². The average Bonchev–Trinajstić information content (AvgIpc) is 2.80. The van der Waals surface area contributed by atoms with E-state index < -0.39 is 11.4 Å². The second kappa shape index (κ2) is 7.62. The molecule has 1 aliphatic heterocycles. The number of hydrogen-bond donors (Lipinski definition) is 2. The second-order valence-electron chi connectivity index (χ2n) is 6.20. The highest BCUT2D eigenvalue weighted by molar-refractivity contribution is 5.80. The number of carbonyl (C=O) groups is 2.